The molecule has 0 saturated carbocycles. The van der Waals surface area contributed by atoms with Crippen molar-refractivity contribution < 1.29 is 14.3 Å². The van der Waals surface area contributed by atoms with Gasteiger partial charge < -0.3 is 15.3 Å². The van der Waals surface area contributed by atoms with Crippen LogP contribution in [0.1, 0.15) is 30.3 Å². The molecule has 134 valence electrons. The molecule has 1 saturated heterocycles. The first kappa shape index (κ1) is 17.3. The van der Waals surface area contributed by atoms with Gasteiger partial charge in [-0.1, -0.05) is 12.1 Å². The number of halogens is 1. The summed E-state index contributed by atoms with van der Waals surface area (Å²) in [6, 6.07) is 5.79. The highest BCUT2D eigenvalue weighted by Crippen LogP contribution is 2.30. The van der Waals surface area contributed by atoms with E-state index in [9.17, 15) is 14.3 Å². The lowest BCUT2D eigenvalue weighted by molar-refractivity contribution is 0.0664. The molecule has 1 aromatic carbocycles. The maximum absolute atomic E-state index is 13.0. The van der Waals surface area contributed by atoms with Gasteiger partial charge in [0.1, 0.15) is 18.0 Å². The van der Waals surface area contributed by atoms with Crippen molar-refractivity contribution in [3.8, 4) is 0 Å². The fourth-order valence-corrected chi connectivity index (χ4v) is 3.10. The van der Waals surface area contributed by atoms with Gasteiger partial charge in [0.15, 0.2) is 0 Å². The predicted octanol–water partition coefficient (Wildman–Crippen LogP) is 1.61. The van der Waals surface area contributed by atoms with Crippen LogP contribution in [0.25, 0.3) is 0 Å². The smallest absolute Gasteiger partial charge is 0.317 e. The van der Waals surface area contributed by atoms with E-state index in [0.717, 1.165) is 0 Å². The zero-order valence-corrected chi connectivity index (χ0v) is 14.1. The molecule has 1 aromatic heterocycles. The Morgan fingerprint density at radius 1 is 1.36 bits per heavy atom. The van der Waals surface area contributed by atoms with Crippen molar-refractivity contribution >= 4 is 6.03 Å². The number of aryl methyl sites for hydroxylation is 1. The van der Waals surface area contributed by atoms with Crippen LogP contribution in [0.4, 0.5) is 9.18 Å². The van der Waals surface area contributed by atoms with Crippen molar-refractivity contribution in [1.29, 1.82) is 0 Å². The molecule has 1 fully saturated rings. The summed E-state index contributed by atoms with van der Waals surface area (Å²) >= 11 is 0. The van der Waals surface area contributed by atoms with E-state index >= 15 is 0 Å². The summed E-state index contributed by atoms with van der Waals surface area (Å²) in [5.74, 6) is 0.438. The number of amides is 2. The van der Waals surface area contributed by atoms with Gasteiger partial charge in [-0.3, -0.25) is 4.68 Å². The van der Waals surface area contributed by atoms with Gasteiger partial charge in [-0.2, -0.15) is 5.10 Å². The average Bonchev–Trinajstić information content (AvgIpc) is 3.05. The number of aliphatic hydroxyl groups excluding tert-OH is 1. The molecule has 1 unspecified atom stereocenters. The molecule has 7 nitrogen and oxygen atoms in total. The number of aliphatic hydroxyl groups is 1. The quantitative estimate of drug-likeness (QED) is 0.880. The second-order valence-corrected chi connectivity index (χ2v) is 6.28. The van der Waals surface area contributed by atoms with E-state index in [1.165, 1.54) is 18.5 Å². The standard InChI is InChI=1S/C17H22FN5O2/c1-22-15(20-11-21-22)10-19-17(25)23-8-6-13(7-9-23)16(24)12-2-4-14(18)5-3-12/h2-5,11,13,16,24H,6-10H2,1H3,(H,19,25). The maximum atomic E-state index is 13.0. The molecule has 2 N–H and O–H groups in total. The fourth-order valence-electron chi connectivity index (χ4n) is 3.10. The molecule has 3 rings (SSSR count). The number of hydrogen-bond acceptors (Lipinski definition) is 4. The Morgan fingerprint density at radius 3 is 2.64 bits per heavy atom. The lowest BCUT2D eigenvalue weighted by Crippen LogP contribution is -2.45. The predicted molar refractivity (Wildman–Crippen MR) is 88.9 cm³/mol. The molecule has 0 aliphatic carbocycles. The zero-order chi connectivity index (χ0) is 17.8. The Kier molecular flexibility index (Phi) is 5.28. The van der Waals surface area contributed by atoms with Crippen LogP contribution >= 0.6 is 0 Å². The number of piperidine rings is 1. The summed E-state index contributed by atoms with van der Waals surface area (Å²) in [5.41, 5.74) is 0.714. The topological polar surface area (TPSA) is 83.3 Å². The number of urea groups is 1. The maximum Gasteiger partial charge on any atom is 0.317 e. The first-order chi connectivity index (χ1) is 12.0. The second-order valence-electron chi connectivity index (χ2n) is 6.28. The van der Waals surface area contributed by atoms with Crippen molar-refractivity contribution in [2.75, 3.05) is 13.1 Å². The third kappa shape index (κ3) is 4.14. The van der Waals surface area contributed by atoms with Crippen molar-refractivity contribution in [3.63, 3.8) is 0 Å². The molecule has 0 bridgehead atoms. The summed E-state index contributed by atoms with van der Waals surface area (Å²) in [6.07, 6.45) is 2.22. The molecule has 1 aliphatic heterocycles. The van der Waals surface area contributed by atoms with Crippen LogP contribution in [0.5, 0.6) is 0 Å². The van der Waals surface area contributed by atoms with Crippen LogP contribution in [0.2, 0.25) is 0 Å². The molecular weight excluding hydrogens is 325 g/mol. The number of carbonyl (C=O) groups is 1. The van der Waals surface area contributed by atoms with Crippen molar-refractivity contribution in [2.24, 2.45) is 13.0 Å². The van der Waals surface area contributed by atoms with Gasteiger partial charge in [-0.25, -0.2) is 14.2 Å². The van der Waals surface area contributed by atoms with Gasteiger partial charge in [-0.15, -0.1) is 0 Å². The Morgan fingerprint density at radius 2 is 2.04 bits per heavy atom. The Labute approximate surface area is 145 Å². The minimum absolute atomic E-state index is 0.0632. The van der Waals surface area contributed by atoms with Crippen LogP contribution < -0.4 is 5.32 Å². The molecule has 2 heterocycles. The summed E-state index contributed by atoms with van der Waals surface area (Å²) in [6.45, 7) is 1.48. The average molecular weight is 347 g/mol. The minimum Gasteiger partial charge on any atom is -0.388 e. The van der Waals surface area contributed by atoms with E-state index in [2.05, 4.69) is 15.4 Å². The Balaban J connectivity index is 1.48. The van der Waals surface area contributed by atoms with Gasteiger partial charge in [0.05, 0.1) is 12.6 Å². The number of carbonyl (C=O) groups excluding carboxylic acids is 1. The summed E-state index contributed by atoms with van der Waals surface area (Å²) in [4.78, 5) is 18.0. The lowest BCUT2D eigenvalue weighted by atomic mass is 9.87. The number of likely N-dealkylation sites (tertiary alicyclic amines) is 1. The largest absolute Gasteiger partial charge is 0.388 e. The highest BCUT2D eigenvalue weighted by Gasteiger charge is 2.28. The molecule has 0 radical (unpaired) electrons. The van der Waals surface area contributed by atoms with Crippen LogP contribution in [0.15, 0.2) is 30.6 Å². The zero-order valence-electron chi connectivity index (χ0n) is 14.1. The SMILES string of the molecule is Cn1ncnc1CNC(=O)N1CCC(C(O)c2ccc(F)cc2)CC1. The number of hydrogen-bond donors (Lipinski definition) is 2. The van der Waals surface area contributed by atoms with Gasteiger partial charge in [-0.05, 0) is 36.5 Å². The number of nitrogens with zero attached hydrogens (tertiary/aromatic N) is 4. The highest BCUT2D eigenvalue weighted by molar-refractivity contribution is 5.74. The van der Waals surface area contributed by atoms with Crippen molar-refractivity contribution in [1.82, 2.24) is 25.0 Å². The first-order valence-electron chi connectivity index (χ1n) is 8.34. The minimum atomic E-state index is -0.635. The molecule has 0 spiro atoms. The number of benzene rings is 1. The van der Waals surface area contributed by atoms with E-state index in [1.54, 1.807) is 28.8 Å². The molecule has 25 heavy (non-hydrogen) atoms. The van der Waals surface area contributed by atoms with E-state index in [1.807, 2.05) is 0 Å². The van der Waals surface area contributed by atoms with Gasteiger partial charge in [0.25, 0.3) is 0 Å². The van der Waals surface area contributed by atoms with Crippen LogP contribution in [0.3, 0.4) is 0 Å². The third-order valence-corrected chi connectivity index (χ3v) is 4.69. The summed E-state index contributed by atoms with van der Waals surface area (Å²) < 4.78 is 14.6. The third-order valence-electron chi connectivity index (χ3n) is 4.69. The van der Waals surface area contributed by atoms with E-state index in [-0.39, 0.29) is 17.8 Å². The van der Waals surface area contributed by atoms with E-state index < -0.39 is 6.10 Å². The van der Waals surface area contributed by atoms with Gasteiger partial charge in [0, 0.05) is 20.1 Å². The first-order valence-corrected chi connectivity index (χ1v) is 8.34. The van der Waals surface area contributed by atoms with Gasteiger partial charge >= 0.3 is 6.03 Å². The van der Waals surface area contributed by atoms with Crippen LogP contribution in [-0.2, 0) is 13.6 Å². The molecular formula is C17H22FN5O2. The van der Waals surface area contributed by atoms with Crippen molar-refractivity contribution in [2.45, 2.75) is 25.5 Å². The molecule has 2 aromatic rings. The summed E-state index contributed by atoms with van der Waals surface area (Å²) in [7, 11) is 1.77. The Bertz CT molecular complexity index is 710. The molecule has 1 atom stereocenters. The normalized spacial score (nSPS) is 16.7. The monoisotopic (exact) mass is 347 g/mol. The highest BCUT2D eigenvalue weighted by atomic mass is 19.1. The second kappa shape index (κ2) is 7.60. The molecule has 8 heteroatoms. The number of aromatic nitrogens is 3. The summed E-state index contributed by atoms with van der Waals surface area (Å²) in [5, 5.41) is 17.3. The van der Waals surface area contributed by atoms with E-state index in [4.69, 9.17) is 0 Å². The van der Waals surface area contributed by atoms with Crippen LogP contribution in [-0.4, -0.2) is 43.9 Å². The molecule has 1 aliphatic rings. The van der Waals surface area contributed by atoms with Gasteiger partial charge in [0.2, 0.25) is 0 Å². The Hall–Kier alpha value is -2.48. The van der Waals surface area contributed by atoms with E-state index in [0.29, 0.717) is 43.9 Å². The van der Waals surface area contributed by atoms with Crippen molar-refractivity contribution in [3.05, 3.63) is 47.8 Å². The number of nitrogens with one attached hydrogen (secondary N) is 1. The number of rotatable bonds is 4. The molecule has 2 amide bonds. The van der Waals surface area contributed by atoms with Crippen LogP contribution in [0, 0.1) is 11.7 Å². The fraction of sp³-hybridized carbons (Fsp3) is 0.471. The lowest BCUT2D eigenvalue weighted by Gasteiger charge is -2.34.